The highest BCUT2D eigenvalue weighted by atomic mass is 32.2. The molecule has 10 heteroatoms. The monoisotopic (exact) mass is 463 g/mol. The summed E-state index contributed by atoms with van der Waals surface area (Å²) in [6.45, 7) is 0. The Hall–Kier alpha value is -4.18. The van der Waals surface area contributed by atoms with Crippen LogP contribution in [0.25, 0.3) is 28.2 Å². The highest BCUT2D eigenvalue weighted by molar-refractivity contribution is 7.92. The molecule has 5 aromatic rings. The highest BCUT2D eigenvalue weighted by Gasteiger charge is 2.21. The third-order valence-corrected chi connectivity index (χ3v) is 6.38. The first kappa shape index (κ1) is 20.7. The molecule has 0 aliphatic heterocycles. The molecule has 0 unspecified atom stereocenters. The van der Waals surface area contributed by atoms with E-state index in [0.29, 0.717) is 11.3 Å². The molecule has 3 aromatic heterocycles. The zero-order valence-electron chi connectivity index (χ0n) is 16.9. The second kappa shape index (κ2) is 8.06. The first-order valence-electron chi connectivity index (χ1n) is 9.75. The fourth-order valence-corrected chi connectivity index (χ4v) is 4.50. The van der Waals surface area contributed by atoms with E-state index in [-0.39, 0.29) is 5.69 Å². The van der Waals surface area contributed by atoms with Gasteiger partial charge < -0.3 is 0 Å². The summed E-state index contributed by atoms with van der Waals surface area (Å²) in [4.78, 5) is 7.63. The van der Waals surface area contributed by atoms with Crippen LogP contribution in [-0.2, 0) is 10.0 Å². The normalized spacial score (nSPS) is 11.6. The van der Waals surface area contributed by atoms with Crippen LogP contribution in [0.15, 0.2) is 90.2 Å². The Morgan fingerprint density at radius 1 is 0.848 bits per heavy atom. The van der Waals surface area contributed by atoms with Gasteiger partial charge in [-0.1, -0.05) is 18.2 Å². The maximum atomic E-state index is 13.9. The first-order valence-corrected chi connectivity index (χ1v) is 11.2. The average Bonchev–Trinajstić information content (AvgIpc) is 3.25. The number of anilines is 1. The molecule has 0 spiro atoms. The minimum Gasteiger partial charge on any atom is -0.280 e. The third kappa shape index (κ3) is 3.92. The van der Waals surface area contributed by atoms with Crippen LogP contribution < -0.4 is 4.72 Å². The number of hydrogen-bond donors (Lipinski definition) is 1. The minimum absolute atomic E-state index is 0.198. The van der Waals surface area contributed by atoms with E-state index in [1.54, 1.807) is 41.3 Å². The number of rotatable bonds is 5. The van der Waals surface area contributed by atoms with E-state index in [4.69, 9.17) is 0 Å². The van der Waals surface area contributed by atoms with E-state index in [0.717, 1.165) is 35.0 Å². The van der Waals surface area contributed by atoms with Crippen molar-refractivity contribution in [2.45, 2.75) is 4.90 Å². The summed E-state index contributed by atoms with van der Waals surface area (Å²) < 4.78 is 56.3. The van der Waals surface area contributed by atoms with Crippen LogP contribution >= 0.6 is 0 Å². The second-order valence-electron chi connectivity index (χ2n) is 7.10. The molecule has 0 bridgehead atoms. The first-order chi connectivity index (χ1) is 15.9. The molecule has 0 aliphatic carbocycles. The molecular weight excluding hydrogens is 448 g/mol. The Balaban J connectivity index is 1.44. The Bertz CT molecular complexity index is 1570. The molecule has 5 rings (SSSR count). The molecular formula is C23H15F2N5O2S. The Morgan fingerprint density at radius 3 is 2.36 bits per heavy atom. The number of hydrogen-bond acceptors (Lipinski definition) is 5. The lowest BCUT2D eigenvalue weighted by Crippen LogP contribution is -2.15. The van der Waals surface area contributed by atoms with Crippen LogP contribution in [-0.4, -0.2) is 28.0 Å². The van der Waals surface area contributed by atoms with Crippen LogP contribution in [0.3, 0.4) is 0 Å². The average molecular weight is 463 g/mol. The molecule has 0 aliphatic rings. The molecule has 2 aromatic carbocycles. The van der Waals surface area contributed by atoms with Gasteiger partial charge in [0.15, 0.2) is 17.3 Å². The number of imidazole rings is 1. The number of halogens is 2. The third-order valence-electron chi connectivity index (χ3n) is 4.98. The van der Waals surface area contributed by atoms with Crippen LogP contribution in [0.2, 0.25) is 0 Å². The van der Waals surface area contributed by atoms with Gasteiger partial charge in [-0.3, -0.25) is 9.71 Å². The standard InChI is InChI=1S/C23H15F2N5O2S/c24-18-2-1-3-21(23(18)25)33(31,32)29-17-6-4-15(5-7-17)19-8-9-22-27-14-20(30(22)28-19)16-10-12-26-13-11-16/h1-14,29H. The van der Waals surface area contributed by atoms with Gasteiger partial charge in [-0.15, -0.1) is 0 Å². The minimum atomic E-state index is -4.30. The van der Waals surface area contributed by atoms with E-state index in [1.165, 1.54) is 12.1 Å². The topological polar surface area (TPSA) is 89.2 Å². The van der Waals surface area contributed by atoms with Gasteiger partial charge in [0.2, 0.25) is 0 Å². The van der Waals surface area contributed by atoms with Crippen molar-refractivity contribution in [3.05, 3.63) is 97.0 Å². The molecule has 33 heavy (non-hydrogen) atoms. The molecule has 1 N–H and O–H groups in total. The number of benzene rings is 2. The summed E-state index contributed by atoms with van der Waals surface area (Å²) in [7, 11) is -4.30. The van der Waals surface area contributed by atoms with Gasteiger partial charge in [-0.2, -0.15) is 5.10 Å². The van der Waals surface area contributed by atoms with Crippen molar-refractivity contribution in [2.75, 3.05) is 4.72 Å². The van der Waals surface area contributed by atoms with E-state index in [1.807, 2.05) is 18.2 Å². The lowest BCUT2D eigenvalue weighted by atomic mass is 10.1. The quantitative estimate of drug-likeness (QED) is 0.414. The summed E-state index contributed by atoms with van der Waals surface area (Å²) in [6.07, 6.45) is 5.10. The highest BCUT2D eigenvalue weighted by Crippen LogP contribution is 2.25. The summed E-state index contributed by atoms with van der Waals surface area (Å²) >= 11 is 0. The predicted molar refractivity (Wildman–Crippen MR) is 119 cm³/mol. The second-order valence-corrected chi connectivity index (χ2v) is 8.75. The van der Waals surface area contributed by atoms with Gasteiger partial charge >= 0.3 is 0 Å². The van der Waals surface area contributed by atoms with Gasteiger partial charge in [0.1, 0.15) is 4.90 Å². The van der Waals surface area contributed by atoms with Crippen molar-refractivity contribution in [1.82, 2.24) is 19.6 Å². The molecule has 0 fully saturated rings. The van der Waals surface area contributed by atoms with Crippen molar-refractivity contribution in [1.29, 1.82) is 0 Å². The van der Waals surface area contributed by atoms with Crippen LogP contribution in [0, 0.1) is 11.6 Å². The molecule has 0 amide bonds. The lowest BCUT2D eigenvalue weighted by Gasteiger charge is -2.10. The number of sulfonamides is 1. The Labute approximate surface area is 187 Å². The van der Waals surface area contributed by atoms with Crippen molar-refractivity contribution in [2.24, 2.45) is 0 Å². The van der Waals surface area contributed by atoms with Gasteiger partial charge in [-0.05, 0) is 48.5 Å². The van der Waals surface area contributed by atoms with Gasteiger partial charge in [0.05, 0.1) is 17.6 Å². The SMILES string of the molecule is O=S(=O)(Nc1ccc(-c2ccc3ncc(-c4ccncc4)n3n2)cc1)c1cccc(F)c1F. The van der Waals surface area contributed by atoms with Crippen molar-refractivity contribution in [3.8, 4) is 22.5 Å². The summed E-state index contributed by atoms with van der Waals surface area (Å²) in [5.74, 6) is -2.66. The smallest absolute Gasteiger partial charge is 0.264 e. The zero-order chi connectivity index (χ0) is 23.0. The molecule has 0 saturated carbocycles. The molecule has 3 heterocycles. The largest absolute Gasteiger partial charge is 0.280 e. The van der Waals surface area contributed by atoms with Gasteiger partial charge in [0, 0.05) is 29.2 Å². The molecule has 7 nitrogen and oxygen atoms in total. The summed E-state index contributed by atoms with van der Waals surface area (Å²) in [5, 5.41) is 4.66. The van der Waals surface area contributed by atoms with Crippen LogP contribution in [0.4, 0.5) is 14.5 Å². The lowest BCUT2D eigenvalue weighted by molar-refractivity contribution is 0.485. The van der Waals surface area contributed by atoms with Crippen LogP contribution in [0.1, 0.15) is 0 Å². The predicted octanol–water partition coefficient (Wildman–Crippen LogP) is 4.54. The van der Waals surface area contributed by atoms with E-state index >= 15 is 0 Å². The fraction of sp³-hybridized carbons (Fsp3) is 0. The number of nitrogens with zero attached hydrogens (tertiary/aromatic N) is 4. The summed E-state index contributed by atoms with van der Waals surface area (Å²) in [6, 6.07) is 16.7. The Kier molecular flexibility index (Phi) is 5.06. The maximum absolute atomic E-state index is 13.9. The number of aromatic nitrogens is 4. The van der Waals surface area contributed by atoms with Crippen molar-refractivity contribution < 1.29 is 17.2 Å². The van der Waals surface area contributed by atoms with Gasteiger partial charge in [0.25, 0.3) is 10.0 Å². The summed E-state index contributed by atoms with van der Waals surface area (Å²) in [5.41, 5.74) is 3.95. The van der Waals surface area contributed by atoms with Crippen molar-refractivity contribution >= 4 is 21.4 Å². The van der Waals surface area contributed by atoms with Crippen LogP contribution in [0.5, 0.6) is 0 Å². The molecule has 0 saturated heterocycles. The molecule has 0 radical (unpaired) electrons. The van der Waals surface area contributed by atoms with Gasteiger partial charge in [-0.25, -0.2) is 26.7 Å². The van der Waals surface area contributed by atoms with E-state index < -0.39 is 26.6 Å². The Morgan fingerprint density at radius 2 is 1.61 bits per heavy atom. The molecule has 0 atom stereocenters. The number of nitrogens with one attached hydrogen (secondary N) is 1. The number of fused-ring (bicyclic) bond motifs is 1. The fourth-order valence-electron chi connectivity index (χ4n) is 3.36. The molecule has 164 valence electrons. The van der Waals surface area contributed by atoms with E-state index in [2.05, 4.69) is 19.8 Å². The van der Waals surface area contributed by atoms with Crippen molar-refractivity contribution in [3.63, 3.8) is 0 Å². The maximum Gasteiger partial charge on any atom is 0.264 e. The zero-order valence-corrected chi connectivity index (χ0v) is 17.7. The number of pyridine rings is 1. The van der Waals surface area contributed by atoms with E-state index in [9.17, 15) is 17.2 Å².